The van der Waals surface area contributed by atoms with Gasteiger partial charge in [-0.3, -0.25) is 4.79 Å². The van der Waals surface area contributed by atoms with Crippen molar-refractivity contribution in [2.75, 3.05) is 11.4 Å². The van der Waals surface area contributed by atoms with Crippen LogP contribution in [-0.2, 0) is 0 Å². The zero-order valence-corrected chi connectivity index (χ0v) is 10.0. The molecule has 0 atom stereocenters. The molecule has 0 saturated heterocycles. The van der Waals surface area contributed by atoms with Gasteiger partial charge in [-0.05, 0) is 37.5 Å². The highest BCUT2D eigenvalue weighted by atomic mass is 16.1. The number of carbonyl (C=O) groups excluding carboxylic acids is 1. The lowest BCUT2D eigenvalue weighted by Crippen LogP contribution is -2.27. The summed E-state index contributed by atoms with van der Waals surface area (Å²) in [5.41, 5.74) is 2.15. The number of hydrogen-bond donors (Lipinski definition) is 0. The minimum absolute atomic E-state index is 0.567. The van der Waals surface area contributed by atoms with Crippen molar-refractivity contribution in [1.82, 2.24) is 0 Å². The largest absolute Gasteiger partial charge is 0.367 e. The molecule has 1 aromatic rings. The number of anilines is 1. The van der Waals surface area contributed by atoms with E-state index in [2.05, 4.69) is 17.9 Å². The van der Waals surface area contributed by atoms with E-state index >= 15 is 0 Å². The summed E-state index contributed by atoms with van der Waals surface area (Å²) in [5.74, 6) is 0. The Hall–Kier alpha value is -1.82. The van der Waals surface area contributed by atoms with E-state index in [0.29, 0.717) is 17.2 Å². The number of carbonyl (C=O) groups is 1. The second-order valence-electron chi connectivity index (χ2n) is 4.43. The SMILES string of the molecule is CCCN(c1ccc(C=O)cc1C#N)C1CC1. The topological polar surface area (TPSA) is 44.1 Å². The van der Waals surface area contributed by atoms with Gasteiger partial charge in [-0.15, -0.1) is 0 Å². The maximum absolute atomic E-state index is 10.7. The van der Waals surface area contributed by atoms with E-state index in [1.54, 1.807) is 12.1 Å². The van der Waals surface area contributed by atoms with E-state index in [1.165, 1.54) is 12.8 Å². The molecule has 0 aliphatic heterocycles. The normalized spacial score (nSPS) is 14.1. The molecule has 0 amide bonds. The zero-order chi connectivity index (χ0) is 12.3. The lowest BCUT2D eigenvalue weighted by molar-refractivity contribution is 0.112. The highest BCUT2D eigenvalue weighted by Gasteiger charge is 2.29. The van der Waals surface area contributed by atoms with E-state index in [9.17, 15) is 4.79 Å². The minimum atomic E-state index is 0.567. The van der Waals surface area contributed by atoms with Gasteiger partial charge in [0.2, 0.25) is 0 Å². The predicted octanol–water partition coefficient (Wildman–Crippen LogP) is 2.75. The van der Waals surface area contributed by atoms with E-state index in [1.807, 2.05) is 6.07 Å². The highest BCUT2D eigenvalue weighted by molar-refractivity contribution is 5.78. The fourth-order valence-electron chi connectivity index (χ4n) is 2.09. The predicted molar refractivity (Wildman–Crippen MR) is 67.2 cm³/mol. The number of hydrogen-bond acceptors (Lipinski definition) is 3. The van der Waals surface area contributed by atoms with Gasteiger partial charge in [0.1, 0.15) is 12.4 Å². The van der Waals surface area contributed by atoms with Crippen LogP contribution in [0.2, 0.25) is 0 Å². The number of benzene rings is 1. The molecule has 0 bridgehead atoms. The van der Waals surface area contributed by atoms with Crippen LogP contribution in [0, 0.1) is 11.3 Å². The molecule has 1 aromatic carbocycles. The molecule has 1 saturated carbocycles. The van der Waals surface area contributed by atoms with Crippen molar-refractivity contribution in [3.63, 3.8) is 0 Å². The Labute approximate surface area is 102 Å². The average molecular weight is 228 g/mol. The molecule has 3 heteroatoms. The number of aldehydes is 1. The number of nitrogens with zero attached hydrogens (tertiary/aromatic N) is 2. The number of nitriles is 1. The summed E-state index contributed by atoms with van der Waals surface area (Å²) < 4.78 is 0. The van der Waals surface area contributed by atoms with Gasteiger partial charge in [-0.1, -0.05) is 6.92 Å². The van der Waals surface area contributed by atoms with Gasteiger partial charge in [0.15, 0.2) is 0 Å². The fourth-order valence-corrected chi connectivity index (χ4v) is 2.09. The van der Waals surface area contributed by atoms with Crippen LogP contribution in [0.25, 0.3) is 0 Å². The Morgan fingerprint density at radius 1 is 1.53 bits per heavy atom. The van der Waals surface area contributed by atoms with Gasteiger partial charge in [0.25, 0.3) is 0 Å². The molecule has 1 aliphatic rings. The molecule has 17 heavy (non-hydrogen) atoms. The molecule has 0 spiro atoms. The molecule has 0 aromatic heterocycles. The second-order valence-corrected chi connectivity index (χ2v) is 4.43. The summed E-state index contributed by atoms with van der Waals surface area (Å²) >= 11 is 0. The molecular weight excluding hydrogens is 212 g/mol. The molecule has 1 fully saturated rings. The van der Waals surface area contributed by atoms with Crippen molar-refractivity contribution in [3.05, 3.63) is 29.3 Å². The van der Waals surface area contributed by atoms with Crippen molar-refractivity contribution in [2.24, 2.45) is 0 Å². The van der Waals surface area contributed by atoms with Gasteiger partial charge in [-0.25, -0.2) is 0 Å². The van der Waals surface area contributed by atoms with Crippen LogP contribution in [0.15, 0.2) is 18.2 Å². The van der Waals surface area contributed by atoms with Gasteiger partial charge in [0, 0.05) is 18.2 Å². The van der Waals surface area contributed by atoms with E-state index in [-0.39, 0.29) is 0 Å². The van der Waals surface area contributed by atoms with Gasteiger partial charge in [0.05, 0.1) is 11.3 Å². The Kier molecular flexibility index (Phi) is 3.43. The van der Waals surface area contributed by atoms with Crippen LogP contribution in [-0.4, -0.2) is 18.9 Å². The first kappa shape index (κ1) is 11.7. The molecular formula is C14H16N2O. The fraction of sp³-hybridized carbons (Fsp3) is 0.429. The minimum Gasteiger partial charge on any atom is -0.367 e. The highest BCUT2D eigenvalue weighted by Crippen LogP contribution is 2.33. The van der Waals surface area contributed by atoms with Crippen LogP contribution < -0.4 is 4.90 Å². The molecule has 1 aliphatic carbocycles. The van der Waals surface area contributed by atoms with Crippen LogP contribution >= 0.6 is 0 Å². The molecule has 0 unspecified atom stereocenters. The lowest BCUT2D eigenvalue weighted by Gasteiger charge is -2.25. The molecule has 88 valence electrons. The summed E-state index contributed by atoms with van der Waals surface area (Å²) in [4.78, 5) is 13.0. The standard InChI is InChI=1S/C14H16N2O/c1-2-7-16(13-4-5-13)14-6-3-11(10-17)8-12(14)9-15/h3,6,8,10,13H,2,4-5,7H2,1H3. The maximum atomic E-state index is 10.7. The van der Waals surface area contributed by atoms with Crippen molar-refractivity contribution >= 4 is 12.0 Å². The van der Waals surface area contributed by atoms with Crippen molar-refractivity contribution in [2.45, 2.75) is 32.2 Å². The summed E-state index contributed by atoms with van der Waals surface area (Å²) in [6.45, 7) is 3.11. The smallest absolute Gasteiger partial charge is 0.150 e. The van der Waals surface area contributed by atoms with E-state index in [4.69, 9.17) is 5.26 Å². The Morgan fingerprint density at radius 2 is 2.29 bits per heavy atom. The van der Waals surface area contributed by atoms with Crippen molar-refractivity contribution in [3.8, 4) is 6.07 Å². The van der Waals surface area contributed by atoms with Crippen LogP contribution in [0.5, 0.6) is 0 Å². The first-order chi connectivity index (χ1) is 8.30. The lowest BCUT2D eigenvalue weighted by atomic mass is 10.1. The Balaban J connectivity index is 2.35. The van der Waals surface area contributed by atoms with Gasteiger partial charge in [-0.2, -0.15) is 5.26 Å². The average Bonchev–Trinajstić information content (AvgIpc) is 3.19. The van der Waals surface area contributed by atoms with Crippen LogP contribution in [0.1, 0.15) is 42.1 Å². The number of rotatable bonds is 5. The quantitative estimate of drug-likeness (QED) is 0.728. The first-order valence-electron chi connectivity index (χ1n) is 6.06. The summed E-state index contributed by atoms with van der Waals surface area (Å²) in [7, 11) is 0. The third kappa shape index (κ3) is 2.47. The van der Waals surface area contributed by atoms with Crippen molar-refractivity contribution in [1.29, 1.82) is 5.26 Å². The third-order valence-corrected chi connectivity index (χ3v) is 3.04. The van der Waals surface area contributed by atoms with Gasteiger partial charge >= 0.3 is 0 Å². The van der Waals surface area contributed by atoms with Crippen molar-refractivity contribution < 1.29 is 4.79 Å². The molecule has 0 N–H and O–H groups in total. The first-order valence-corrected chi connectivity index (χ1v) is 6.06. The maximum Gasteiger partial charge on any atom is 0.150 e. The molecule has 0 radical (unpaired) electrons. The zero-order valence-electron chi connectivity index (χ0n) is 10.0. The Morgan fingerprint density at radius 3 is 2.82 bits per heavy atom. The van der Waals surface area contributed by atoms with Crippen LogP contribution in [0.3, 0.4) is 0 Å². The summed E-state index contributed by atoms with van der Waals surface area (Å²) in [5, 5.41) is 9.17. The summed E-state index contributed by atoms with van der Waals surface area (Å²) in [6, 6.07) is 8.14. The third-order valence-electron chi connectivity index (χ3n) is 3.04. The molecule has 2 rings (SSSR count). The summed E-state index contributed by atoms with van der Waals surface area (Å²) in [6.07, 6.45) is 4.27. The van der Waals surface area contributed by atoms with Crippen LogP contribution in [0.4, 0.5) is 5.69 Å². The van der Waals surface area contributed by atoms with E-state index < -0.39 is 0 Å². The monoisotopic (exact) mass is 228 g/mol. The molecule has 0 heterocycles. The molecule has 3 nitrogen and oxygen atoms in total. The van der Waals surface area contributed by atoms with Gasteiger partial charge < -0.3 is 4.90 Å². The van der Waals surface area contributed by atoms with E-state index in [0.717, 1.165) is 24.9 Å². The Bertz CT molecular complexity index is 458. The second kappa shape index (κ2) is 5.01.